The topological polar surface area (TPSA) is 109 Å². The van der Waals surface area contributed by atoms with Gasteiger partial charge in [0.1, 0.15) is 11.3 Å². The molecule has 1 atom stereocenters. The van der Waals surface area contributed by atoms with E-state index in [1.54, 1.807) is 18.2 Å². The molecule has 0 saturated carbocycles. The third-order valence-electron chi connectivity index (χ3n) is 2.28. The van der Waals surface area contributed by atoms with Crippen LogP contribution in [0.2, 0.25) is 0 Å². The first kappa shape index (κ1) is 17.2. The van der Waals surface area contributed by atoms with Crippen molar-refractivity contribution in [2.45, 2.75) is 0 Å². The van der Waals surface area contributed by atoms with Crippen LogP contribution in [0.1, 0.15) is 10.6 Å². The van der Waals surface area contributed by atoms with Gasteiger partial charge in [-0.1, -0.05) is 0 Å². The molecule has 20 heavy (non-hydrogen) atoms. The summed E-state index contributed by atoms with van der Waals surface area (Å²) in [6, 6.07) is 6.31. The summed E-state index contributed by atoms with van der Waals surface area (Å²) >= 11 is 0. The SMILES string of the molecule is COc1ccc2oc(C(=O)OCP(=O)([O-])O)cc2c1.[Na+]. The predicted molar refractivity (Wildman–Crippen MR) is 62.9 cm³/mol. The Hall–Kier alpha value is -0.820. The number of carbonyl (C=O) groups is 1. The molecule has 0 fully saturated rings. The van der Waals surface area contributed by atoms with Gasteiger partial charge in [-0.2, -0.15) is 0 Å². The minimum atomic E-state index is -4.64. The Kier molecular flexibility index (Phi) is 5.82. The average molecular weight is 308 g/mol. The van der Waals surface area contributed by atoms with Crippen molar-refractivity contribution in [2.75, 3.05) is 13.5 Å². The maximum Gasteiger partial charge on any atom is 1.00 e. The van der Waals surface area contributed by atoms with Crippen molar-refractivity contribution >= 4 is 24.5 Å². The van der Waals surface area contributed by atoms with E-state index in [1.807, 2.05) is 0 Å². The van der Waals surface area contributed by atoms with E-state index >= 15 is 0 Å². The molecule has 1 unspecified atom stereocenters. The number of hydrogen-bond acceptors (Lipinski definition) is 6. The molecular weight excluding hydrogens is 298 g/mol. The van der Waals surface area contributed by atoms with Crippen LogP contribution in [-0.2, 0) is 9.30 Å². The zero-order valence-corrected chi connectivity index (χ0v) is 13.8. The summed E-state index contributed by atoms with van der Waals surface area (Å²) in [7, 11) is -3.14. The number of carbonyl (C=O) groups excluding carboxylic acids is 1. The van der Waals surface area contributed by atoms with Gasteiger partial charge in [0.2, 0.25) is 5.76 Å². The van der Waals surface area contributed by atoms with Crippen LogP contribution >= 0.6 is 7.60 Å². The zero-order valence-electron chi connectivity index (χ0n) is 10.9. The molecule has 0 radical (unpaired) electrons. The normalized spacial score (nSPS) is 13.3. The van der Waals surface area contributed by atoms with Crippen LogP contribution in [0, 0.1) is 0 Å². The largest absolute Gasteiger partial charge is 1.00 e. The molecule has 0 aliphatic carbocycles. The standard InChI is InChI=1S/C11H11O7P.Na/c1-16-8-2-3-9-7(4-8)5-10(18-9)11(12)17-6-19(13,14)15;/h2-5H,6H2,1H3,(H2,13,14,15);/q;+1/p-1. The predicted octanol–water partition coefficient (Wildman–Crippen LogP) is -1.89. The number of benzene rings is 1. The quantitative estimate of drug-likeness (QED) is 0.399. The van der Waals surface area contributed by atoms with Gasteiger partial charge in [-0.25, -0.2) is 4.79 Å². The molecule has 0 aliphatic rings. The zero-order chi connectivity index (χ0) is 14.0. The first-order valence-corrected chi connectivity index (χ1v) is 6.93. The second kappa shape index (κ2) is 6.76. The van der Waals surface area contributed by atoms with E-state index in [-0.39, 0.29) is 35.3 Å². The monoisotopic (exact) mass is 308 g/mol. The van der Waals surface area contributed by atoms with Crippen molar-refractivity contribution in [1.82, 2.24) is 0 Å². The Bertz CT molecular complexity index is 660. The van der Waals surface area contributed by atoms with Crippen LogP contribution in [0.3, 0.4) is 0 Å². The Balaban J connectivity index is 0.00000200. The van der Waals surface area contributed by atoms with Gasteiger partial charge in [-0.05, 0) is 24.3 Å². The van der Waals surface area contributed by atoms with E-state index < -0.39 is 19.9 Å². The minimum Gasteiger partial charge on any atom is -0.776 e. The van der Waals surface area contributed by atoms with Crippen LogP contribution in [0.15, 0.2) is 28.7 Å². The summed E-state index contributed by atoms with van der Waals surface area (Å²) < 4.78 is 25.1. The molecule has 1 N–H and O–H groups in total. The smallest absolute Gasteiger partial charge is 0.776 e. The molecule has 0 aliphatic heterocycles. The van der Waals surface area contributed by atoms with E-state index in [9.17, 15) is 14.3 Å². The van der Waals surface area contributed by atoms with Gasteiger partial charge < -0.3 is 28.2 Å². The Morgan fingerprint density at radius 3 is 2.75 bits per heavy atom. The van der Waals surface area contributed by atoms with Crippen LogP contribution in [0.25, 0.3) is 11.0 Å². The summed E-state index contributed by atoms with van der Waals surface area (Å²) in [6.07, 6.45) is -1.09. The molecule has 1 aromatic carbocycles. The third-order valence-corrected chi connectivity index (χ3v) is 2.74. The van der Waals surface area contributed by atoms with Crippen molar-refractivity contribution < 1.29 is 62.6 Å². The van der Waals surface area contributed by atoms with Crippen LogP contribution < -0.4 is 39.2 Å². The molecule has 0 saturated heterocycles. The van der Waals surface area contributed by atoms with E-state index in [4.69, 9.17) is 14.0 Å². The van der Waals surface area contributed by atoms with Crippen molar-refractivity contribution in [3.05, 3.63) is 30.0 Å². The molecule has 0 spiro atoms. The fourth-order valence-corrected chi connectivity index (χ4v) is 1.74. The maximum atomic E-state index is 11.5. The van der Waals surface area contributed by atoms with Crippen LogP contribution in [-0.4, -0.2) is 24.3 Å². The van der Waals surface area contributed by atoms with Gasteiger partial charge in [0.25, 0.3) is 0 Å². The Labute approximate surface area is 136 Å². The van der Waals surface area contributed by atoms with Crippen LogP contribution in [0.5, 0.6) is 5.75 Å². The van der Waals surface area contributed by atoms with Crippen molar-refractivity contribution in [3.8, 4) is 5.75 Å². The number of fused-ring (bicyclic) bond motifs is 1. The minimum absolute atomic E-state index is 0. The van der Waals surface area contributed by atoms with Gasteiger partial charge in [0.15, 0.2) is 13.9 Å². The van der Waals surface area contributed by atoms with Crippen LogP contribution in [0.4, 0.5) is 0 Å². The third kappa shape index (κ3) is 4.34. The molecule has 102 valence electrons. The molecule has 1 aromatic heterocycles. The Morgan fingerprint density at radius 1 is 1.45 bits per heavy atom. The Morgan fingerprint density at radius 2 is 2.15 bits per heavy atom. The number of methoxy groups -OCH3 is 1. The summed E-state index contributed by atoms with van der Waals surface area (Å²) in [4.78, 5) is 30.5. The second-order valence-corrected chi connectivity index (χ2v) is 5.25. The molecule has 1 heterocycles. The summed E-state index contributed by atoms with van der Waals surface area (Å²) in [6.45, 7) is 0. The molecule has 0 bridgehead atoms. The van der Waals surface area contributed by atoms with Crippen molar-refractivity contribution in [1.29, 1.82) is 0 Å². The molecular formula is C11H10NaO7P. The maximum absolute atomic E-state index is 11.5. The average Bonchev–Trinajstić information content (AvgIpc) is 2.77. The molecule has 2 rings (SSSR count). The van der Waals surface area contributed by atoms with E-state index in [0.29, 0.717) is 16.7 Å². The van der Waals surface area contributed by atoms with E-state index in [1.165, 1.54) is 13.2 Å². The first-order valence-electron chi connectivity index (χ1n) is 5.16. The van der Waals surface area contributed by atoms with Gasteiger partial charge in [0.05, 0.1) is 7.11 Å². The fraction of sp³-hybridized carbons (Fsp3) is 0.182. The summed E-state index contributed by atoms with van der Waals surface area (Å²) in [5, 5.41) is 0.612. The van der Waals surface area contributed by atoms with E-state index in [2.05, 4.69) is 4.74 Å². The number of furan rings is 1. The molecule has 9 heteroatoms. The summed E-state index contributed by atoms with van der Waals surface area (Å²) in [5.41, 5.74) is 0.432. The summed E-state index contributed by atoms with van der Waals surface area (Å²) in [5.74, 6) is -0.537. The van der Waals surface area contributed by atoms with Gasteiger partial charge >= 0.3 is 35.5 Å². The molecule has 7 nitrogen and oxygen atoms in total. The fourth-order valence-electron chi connectivity index (χ4n) is 1.46. The molecule has 2 aromatic rings. The number of hydrogen-bond donors (Lipinski definition) is 1. The van der Waals surface area contributed by atoms with Gasteiger partial charge in [-0.3, -0.25) is 0 Å². The van der Waals surface area contributed by atoms with E-state index in [0.717, 1.165) is 0 Å². The van der Waals surface area contributed by atoms with Gasteiger partial charge in [0, 0.05) is 5.39 Å². The number of esters is 1. The van der Waals surface area contributed by atoms with Crippen molar-refractivity contribution in [2.24, 2.45) is 0 Å². The molecule has 0 amide bonds. The number of rotatable bonds is 4. The van der Waals surface area contributed by atoms with Gasteiger partial charge in [-0.15, -0.1) is 0 Å². The first-order chi connectivity index (χ1) is 8.89. The van der Waals surface area contributed by atoms with Crippen molar-refractivity contribution in [3.63, 3.8) is 0 Å². The second-order valence-electron chi connectivity index (χ2n) is 3.71. The number of ether oxygens (including phenoxy) is 2.